The summed E-state index contributed by atoms with van der Waals surface area (Å²) in [4.78, 5) is 5.15. The van der Waals surface area contributed by atoms with E-state index in [-0.39, 0.29) is 6.17 Å². The molecule has 2 atom stereocenters. The molecule has 4 rings (SSSR count). The summed E-state index contributed by atoms with van der Waals surface area (Å²) in [5, 5.41) is 3.67. The van der Waals surface area contributed by atoms with Gasteiger partial charge in [0.1, 0.15) is 6.17 Å². The third-order valence-corrected chi connectivity index (χ3v) is 6.38. The second kappa shape index (κ2) is 11.0. The van der Waals surface area contributed by atoms with Crippen LogP contribution < -0.4 is 5.32 Å². The van der Waals surface area contributed by atoms with Crippen LogP contribution in [0.5, 0.6) is 0 Å². The standard InChI is InChI=1S/C29H35N3/c1-3-4-20-32-28(21-30-29(32)27-18-12-7-13-19-27)23-31(22-25-14-8-5-9-15-25)24(2)26-16-10-6-11-17-26/h5-19,21,24,29-30H,3-4,20,22-23H2,1-2H3. The normalized spacial score (nSPS) is 16.7. The number of rotatable bonds is 10. The SMILES string of the molecule is CCCCN1C(CN(Cc2ccccc2)C(C)c2ccccc2)=CNC1c1ccccc1. The third kappa shape index (κ3) is 5.41. The zero-order valence-electron chi connectivity index (χ0n) is 19.3. The number of nitrogens with one attached hydrogen (secondary N) is 1. The number of unbranched alkanes of at least 4 members (excludes halogenated alkanes) is 1. The van der Waals surface area contributed by atoms with E-state index in [9.17, 15) is 0 Å². The molecule has 0 saturated carbocycles. The Morgan fingerprint density at radius 2 is 1.47 bits per heavy atom. The van der Waals surface area contributed by atoms with Crippen molar-refractivity contribution in [2.75, 3.05) is 13.1 Å². The molecule has 0 spiro atoms. The second-order valence-electron chi connectivity index (χ2n) is 8.64. The molecule has 1 N–H and O–H groups in total. The predicted octanol–water partition coefficient (Wildman–Crippen LogP) is 6.50. The van der Waals surface area contributed by atoms with Crippen LogP contribution in [0.2, 0.25) is 0 Å². The van der Waals surface area contributed by atoms with Crippen LogP contribution in [0, 0.1) is 0 Å². The Morgan fingerprint density at radius 3 is 2.12 bits per heavy atom. The first kappa shape index (κ1) is 22.2. The Hall–Kier alpha value is -3.04. The summed E-state index contributed by atoms with van der Waals surface area (Å²) >= 11 is 0. The van der Waals surface area contributed by atoms with E-state index in [4.69, 9.17) is 0 Å². The molecule has 0 amide bonds. The van der Waals surface area contributed by atoms with Gasteiger partial charge in [-0.3, -0.25) is 4.90 Å². The lowest BCUT2D eigenvalue weighted by Gasteiger charge is -2.35. The Morgan fingerprint density at radius 1 is 0.844 bits per heavy atom. The minimum absolute atomic E-state index is 0.211. The summed E-state index contributed by atoms with van der Waals surface area (Å²) in [7, 11) is 0. The number of hydrogen-bond acceptors (Lipinski definition) is 3. The minimum atomic E-state index is 0.211. The van der Waals surface area contributed by atoms with Crippen molar-refractivity contribution in [2.24, 2.45) is 0 Å². The lowest BCUT2D eigenvalue weighted by atomic mass is 10.1. The van der Waals surface area contributed by atoms with Gasteiger partial charge in [0, 0.05) is 37.6 Å². The van der Waals surface area contributed by atoms with Crippen LogP contribution in [0.4, 0.5) is 0 Å². The van der Waals surface area contributed by atoms with Crippen LogP contribution in [0.3, 0.4) is 0 Å². The lowest BCUT2D eigenvalue weighted by Crippen LogP contribution is -2.36. The summed E-state index contributed by atoms with van der Waals surface area (Å²) in [5.41, 5.74) is 5.39. The van der Waals surface area contributed by atoms with Crippen molar-refractivity contribution in [3.63, 3.8) is 0 Å². The van der Waals surface area contributed by atoms with E-state index in [0.717, 1.165) is 19.6 Å². The van der Waals surface area contributed by atoms with Crippen molar-refractivity contribution in [2.45, 2.75) is 45.4 Å². The summed E-state index contributed by atoms with van der Waals surface area (Å²) in [6.45, 7) is 7.49. The molecule has 0 fully saturated rings. The van der Waals surface area contributed by atoms with Crippen LogP contribution in [0.15, 0.2) is 103 Å². The fraction of sp³-hybridized carbons (Fsp3) is 0.310. The Bertz CT molecular complexity index is 969. The molecule has 0 aromatic heterocycles. The van der Waals surface area contributed by atoms with Crippen LogP contribution in [0.25, 0.3) is 0 Å². The molecule has 0 radical (unpaired) electrons. The highest BCUT2D eigenvalue weighted by Crippen LogP contribution is 2.31. The van der Waals surface area contributed by atoms with Crippen molar-refractivity contribution in [1.29, 1.82) is 0 Å². The van der Waals surface area contributed by atoms with E-state index in [1.54, 1.807) is 0 Å². The molecular weight excluding hydrogens is 390 g/mol. The molecule has 166 valence electrons. The first-order valence-corrected chi connectivity index (χ1v) is 11.9. The molecular formula is C29H35N3. The van der Waals surface area contributed by atoms with Gasteiger partial charge in [-0.2, -0.15) is 0 Å². The van der Waals surface area contributed by atoms with Crippen LogP contribution >= 0.6 is 0 Å². The molecule has 1 aliphatic rings. The molecule has 2 unspecified atom stereocenters. The van der Waals surface area contributed by atoms with E-state index < -0.39 is 0 Å². The maximum absolute atomic E-state index is 3.67. The summed E-state index contributed by atoms with van der Waals surface area (Å²) in [5.74, 6) is 0. The van der Waals surface area contributed by atoms with E-state index in [0.29, 0.717) is 6.04 Å². The van der Waals surface area contributed by atoms with Crippen molar-refractivity contribution < 1.29 is 0 Å². The smallest absolute Gasteiger partial charge is 0.125 e. The van der Waals surface area contributed by atoms with E-state index >= 15 is 0 Å². The first-order valence-electron chi connectivity index (χ1n) is 11.9. The molecule has 32 heavy (non-hydrogen) atoms. The highest BCUT2D eigenvalue weighted by Gasteiger charge is 2.29. The highest BCUT2D eigenvalue weighted by atomic mass is 15.3. The number of nitrogens with zero attached hydrogens (tertiary/aromatic N) is 2. The topological polar surface area (TPSA) is 18.5 Å². The van der Waals surface area contributed by atoms with Crippen LogP contribution in [0.1, 0.15) is 55.6 Å². The van der Waals surface area contributed by atoms with Gasteiger partial charge in [-0.25, -0.2) is 0 Å². The van der Waals surface area contributed by atoms with Gasteiger partial charge < -0.3 is 10.2 Å². The van der Waals surface area contributed by atoms with Gasteiger partial charge in [0.25, 0.3) is 0 Å². The van der Waals surface area contributed by atoms with Crippen molar-refractivity contribution in [1.82, 2.24) is 15.1 Å². The lowest BCUT2D eigenvalue weighted by molar-refractivity contribution is 0.180. The van der Waals surface area contributed by atoms with Crippen molar-refractivity contribution in [3.8, 4) is 0 Å². The zero-order valence-corrected chi connectivity index (χ0v) is 19.3. The summed E-state index contributed by atoms with van der Waals surface area (Å²) in [6.07, 6.45) is 4.83. The first-order chi connectivity index (χ1) is 15.8. The Kier molecular flexibility index (Phi) is 7.63. The number of benzene rings is 3. The van der Waals surface area contributed by atoms with Gasteiger partial charge >= 0.3 is 0 Å². The van der Waals surface area contributed by atoms with Crippen LogP contribution in [-0.4, -0.2) is 22.9 Å². The molecule has 0 saturated heterocycles. The van der Waals surface area contributed by atoms with Crippen molar-refractivity contribution >= 4 is 0 Å². The van der Waals surface area contributed by atoms with E-state index in [2.05, 4.69) is 126 Å². The summed E-state index contributed by atoms with van der Waals surface area (Å²) < 4.78 is 0. The largest absolute Gasteiger partial charge is 0.366 e. The van der Waals surface area contributed by atoms with E-state index in [1.807, 2.05) is 0 Å². The molecule has 3 heteroatoms. The van der Waals surface area contributed by atoms with Crippen LogP contribution in [-0.2, 0) is 6.54 Å². The molecule has 0 aliphatic carbocycles. The molecule has 3 aromatic carbocycles. The quantitative estimate of drug-likeness (QED) is 0.400. The Balaban J connectivity index is 1.58. The van der Waals surface area contributed by atoms with Gasteiger partial charge in [0.2, 0.25) is 0 Å². The average molecular weight is 426 g/mol. The fourth-order valence-corrected chi connectivity index (χ4v) is 4.46. The molecule has 3 aromatic rings. The molecule has 1 aliphatic heterocycles. The maximum Gasteiger partial charge on any atom is 0.125 e. The van der Waals surface area contributed by atoms with Gasteiger partial charge in [0.05, 0.1) is 0 Å². The third-order valence-electron chi connectivity index (χ3n) is 6.38. The van der Waals surface area contributed by atoms with Gasteiger partial charge in [-0.15, -0.1) is 0 Å². The van der Waals surface area contributed by atoms with Gasteiger partial charge in [0.15, 0.2) is 0 Å². The van der Waals surface area contributed by atoms with Gasteiger partial charge in [-0.1, -0.05) is 104 Å². The van der Waals surface area contributed by atoms with Crippen molar-refractivity contribution in [3.05, 3.63) is 120 Å². The fourth-order valence-electron chi connectivity index (χ4n) is 4.46. The van der Waals surface area contributed by atoms with Gasteiger partial charge in [-0.05, 0) is 30.0 Å². The average Bonchev–Trinajstić information content (AvgIpc) is 3.26. The zero-order chi connectivity index (χ0) is 22.2. The Labute approximate surface area is 193 Å². The maximum atomic E-state index is 3.67. The molecule has 1 heterocycles. The van der Waals surface area contributed by atoms with E-state index in [1.165, 1.54) is 35.2 Å². The second-order valence-corrected chi connectivity index (χ2v) is 8.64. The minimum Gasteiger partial charge on any atom is -0.366 e. The molecule has 3 nitrogen and oxygen atoms in total. The summed E-state index contributed by atoms with van der Waals surface area (Å²) in [6, 6.07) is 32.8. The monoisotopic (exact) mass is 425 g/mol. The number of hydrogen-bond donors (Lipinski definition) is 1. The highest BCUT2D eigenvalue weighted by molar-refractivity contribution is 5.26. The molecule has 0 bridgehead atoms. The predicted molar refractivity (Wildman–Crippen MR) is 134 cm³/mol.